The van der Waals surface area contributed by atoms with Crippen molar-refractivity contribution in [3.05, 3.63) is 59.4 Å². The van der Waals surface area contributed by atoms with Crippen molar-refractivity contribution in [3.8, 4) is 11.8 Å². The summed E-state index contributed by atoms with van der Waals surface area (Å²) < 4.78 is 31.9. The molecule has 1 N–H and O–H groups in total. The third-order valence-corrected chi connectivity index (χ3v) is 7.19. The molecule has 0 radical (unpaired) electrons. The minimum absolute atomic E-state index is 0.0842. The Morgan fingerprint density at radius 1 is 1.24 bits per heavy atom. The highest BCUT2D eigenvalue weighted by atomic mass is 35.5. The van der Waals surface area contributed by atoms with E-state index in [1.807, 2.05) is 6.07 Å². The van der Waals surface area contributed by atoms with Gasteiger partial charge in [0.25, 0.3) is 0 Å². The van der Waals surface area contributed by atoms with Gasteiger partial charge in [-0.05, 0) is 49.2 Å². The van der Waals surface area contributed by atoms with Crippen molar-refractivity contribution in [3.63, 3.8) is 0 Å². The fourth-order valence-electron chi connectivity index (χ4n) is 3.53. The second-order valence-electron chi connectivity index (χ2n) is 6.83. The van der Waals surface area contributed by atoms with Crippen molar-refractivity contribution in [2.24, 2.45) is 11.8 Å². The van der Waals surface area contributed by atoms with Crippen molar-refractivity contribution in [1.82, 2.24) is 5.32 Å². The standard InChI is InChI=1S/C21H20ClFN2O3S/c22-19-3-1-2-4-20(19)29(27)17-11-14(18(12-17)21(26)25-10-9-24)13-28-16-7-5-15(23)6-8-16/h1-8,14,17-18H,10-13H2,(H,25,26)/t14-,17-,18+,29?/m0/s1. The van der Waals surface area contributed by atoms with E-state index in [0.29, 0.717) is 28.5 Å². The molecule has 2 aromatic rings. The van der Waals surface area contributed by atoms with Crippen LogP contribution in [0.4, 0.5) is 4.39 Å². The van der Waals surface area contributed by atoms with Gasteiger partial charge in [0.15, 0.2) is 0 Å². The van der Waals surface area contributed by atoms with Crippen LogP contribution in [0.1, 0.15) is 12.8 Å². The smallest absolute Gasteiger partial charge is 0.224 e. The zero-order chi connectivity index (χ0) is 20.8. The van der Waals surface area contributed by atoms with Gasteiger partial charge in [0.05, 0.1) is 33.4 Å². The Balaban J connectivity index is 1.73. The number of nitrogens with zero attached hydrogens (tertiary/aromatic N) is 1. The summed E-state index contributed by atoms with van der Waals surface area (Å²) in [5.74, 6) is -0.728. The molecular weight excluding hydrogens is 415 g/mol. The highest BCUT2D eigenvalue weighted by Gasteiger charge is 2.42. The zero-order valence-corrected chi connectivity index (χ0v) is 17.1. The number of amides is 1. The SMILES string of the molecule is N#CCNC(=O)[C@@H]1C[C@@H](S(=O)c2ccccc2Cl)C[C@H]1COc1ccc(F)cc1. The lowest BCUT2D eigenvalue weighted by Crippen LogP contribution is -2.34. The number of rotatable bonds is 7. The van der Waals surface area contributed by atoms with Crippen LogP contribution in [0.25, 0.3) is 0 Å². The molecule has 152 valence electrons. The van der Waals surface area contributed by atoms with Crippen molar-refractivity contribution >= 4 is 28.3 Å². The number of nitriles is 1. The highest BCUT2D eigenvalue weighted by molar-refractivity contribution is 7.85. The number of ether oxygens (including phenoxy) is 1. The number of carbonyl (C=O) groups is 1. The molecule has 0 spiro atoms. The molecular formula is C21H20ClFN2O3S. The van der Waals surface area contributed by atoms with E-state index in [-0.39, 0.29) is 36.0 Å². The average Bonchev–Trinajstić information content (AvgIpc) is 3.16. The summed E-state index contributed by atoms with van der Waals surface area (Å²) in [5, 5.41) is 11.5. The number of halogens is 2. The molecule has 0 bridgehead atoms. The maximum Gasteiger partial charge on any atom is 0.224 e. The molecule has 29 heavy (non-hydrogen) atoms. The van der Waals surface area contributed by atoms with E-state index in [1.54, 1.807) is 24.3 Å². The number of nitrogens with one attached hydrogen (secondary N) is 1. The van der Waals surface area contributed by atoms with Crippen LogP contribution in [0.15, 0.2) is 53.4 Å². The van der Waals surface area contributed by atoms with Crippen LogP contribution in [0.3, 0.4) is 0 Å². The van der Waals surface area contributed by atoms with Gasteiger partial charge in [0.2, 0.25) is 5.91 Å². The third-order valence-electron chi connectivity index (χ3n) is 4.96. The summed E-state index contributed by atoms with van der Waals surface area (Å²) in [4.78, 5) is 13.1. The molecule has 8 heteroatoms. The molecule has 4 atom stereocenters. The topological polar surface area (TPSA) is 79.2 Å². The molecule has 5 nitrogen and oxygen atoms in total. The quantitative estimate of drug-likeness (QED) is 0.674. The lowest BCUT2D eigenvalue weighted by Gasteiger charge is -2.18. The van der Waals surface area contributed by atoms with Crippen LogP contribution in [0, 0.1) is 29.0 Å². The van der Waals surface area contributed by atoms with E-state index >= 15 is 0 Å². The van der Waals surface area contributed by atoms with Gasteiger partial charge in [0.1, 0.15) is 18.1 Å². The van der Waals surface area contributed by atoms with Gasteiger partial charge in [-0.15, -0.1) is 0 Å². The Labute approximate surface area is 176 Å². The number of benzene rings is 2. The van der Waals surface area contributed by atoms with Crippen molar-refractivity contribution < 1.29 is 18.1 Å². The van der Waals surface area contributed by atoms with Crippen molar-refractivity contribution in [1.29, 1.82) is 5.26 Å². The third kappa shape index (κ3) is 5.34. The fraction of sp³-hybridized carbons (Fsp3) is 0.333. The van der Waals surface area contributed by atoms with Crippen molar-refractivity contribution in [2.75, 3.05) is 13.2 Å². The molecule has 1 aliphatic rings. The number of hydrogen-bond acceptors (Lipinski definition) is 4. The van der Waals surface area contributed by atoms with E-state index in [9.17, 15) is 13.4 Å². The Morgan fingerprint density at radius 2 is 1.97 bits per heavy atom. The minimum Gasteiger partial charge on any atom is -0.493 e. The Morgan fingerprint density at radius 3 is 2.66 bits per heavy atom. The first kappa shape index (κ1) is 21.3. The van der Waals surface area contributed by atoms with Gasteiger partial charge in [-0.1, -0.05) is 23.7 Å². The highest BCUT2D eigenvalue weighted by Crippen LogP contribution is 2.38. The monoisotopic (exact) mass is 434 g/mol. The summed E-state index contributed by atoms with van der Waals surface area (Å²) in [6.07, 6.45) is 0.927. The lowest BCUT2D eigenvalue weighted by atomic mass is 9.96. The Bertz CT molecular complexity index is 932. The van der Waals surface area contributed by atoms with Crippen LogP contribution in [0.5, 0.6) is 5.75 Å². The van der Waals surface area contributed by atoms with E-state index in [0.717, 1.165) is 0 Å². The number of carbonyl (C=O) groups excluding carboxylic acids is 1. The first-order valence-corrected chi connectivity index (χ1v) is 10.8. The summed E-state index contributed by atoms with van der Waals surface area (Å²) in [7, 11) is -1.37. The van der Waals surface area contributed by atoms with Gasteiger partial charge in [0, 0.05) is 17.1 Å². The van der Waals surface area contributed by atoms with E-state index < -0.39 is 16.7 Å². The maximum atomic E-state index is 13.1. The van der Waals surface area contributed by atoms with Crippen LogP contribution < -0.4 is 10.1 Å². The molecule has 1 aliphatic carbocycles. The summed E-state index contributed by atoms with van der Waals surface area (Å²) in [6, 6.07) is 14.5. The molecule has 3 rings (SSSR count). The van der Waals surface area contributed by atoms with Crippen LogP contribution in [-0.4, -0.2) is 28.5 Å². The van der Waals surface area contributed by atoms with Crippen LogP contribution in [0.2, 0.25) is 5.02 Å². The largest absolute Gasteiger partial charge is 0.493 e. The summed E-state index contributed by atoms with van der Waals surface area (Å²) >= 11 is 6.19. The second kappa shape index (κ2) is 9.86. The van der Waals surface area contributed by atoms with Crippen molar-refractivity contribution in [2.45, 2.75) is 23.0 Å². The predicted octanol–water partition coefficient (Wildman–Crippen LogP) is 3.70. The first-order valence-electron chi connectivity index (χ1n) is 9.17. The zero-order valence-electron chi connectivity index (χ0n) is 15.5. The maximum absolute atomic E-state index is 13.1. The molecule has 0 heterocycles. The first-order chi connectivity index (χ1) is 14.0. The van der Waals surface area contributed by atoms with E-state index in [1.165, 1.54) is 24.3 Å². The van der Waals surface area contributed by atoms with Gasteiger partial charge in [-0.3, -0.25) is 9.00 Å². The van der Waals surface area contributed by atoms with Crippen LogP contribution in [-0.2, 0) is 15.6 Å². The van der Waals surface area contributed by atoms with Gasteiger partial charge in [-0.25, -0.2) is 4.39 Å². The van der Waals surface area contributed by atoms with Gasteiger partial charge < -0.3 is 10.1 Å². The average molecular weight is 435 g/mol. The van der Waals surface area contributed by atoms with E-state index in [4.69, 9.17) is 21.6 Å². The molecule has 0 saturated heterocycles. The van der Waals surface area contributed by atoms with E-state index in [2.05, 4.69) is 5.32 Å². The van der Waals surface area contributed by atoms with Crippen LogP contribution >= 0.6 is 11.6 Å². The molecule has 1 fully saturated rings. The number of hydrogen-bond donors (Lipinski definition) is 1. The Hall–Kier alpha value is -2.43. The molecule has 1 amide bonds. The summed E-state index contributed by atoms with van der Waals surface area (Å²) in [6.45, 7) is 0.144. The molecule has 0 aromatic heterocycles. The Kier molecular flexibility index (Phi) is 7.24. The fourth-order valence-corrected chi connectivity index (χ4v) is 5.53. The molecule has 0 aliphatic heterocycles. The summed E-state index contributed by atoms with van der Waals surface area (Å²) in [5.41, 5.74) is 0. The normalized spacial score (nSPS) is 21.9. The minimum atomic E-state index is -1.37. The molecule has 1 saturated carbocycles. The molecule has 2 aromatic carbocycles. The molecule has 1 unspecified atom stereocenters. The lowest BCUT2D eigenvalue weighted by molar-refractivity contribution is -0.126. The van der Waals surface area contributed by atoms with Gasteiger partial charge >= 0.3 is 0 Å². The predicted molar refractivity (Wildman–Crippen MR) is 108 cm³/mol. The second-order valence-corrected chi connectivity index (χ2v) is 8.94. The van der Waals surface area contributed by atoms with Gasteiger partial charge in [-0.2, -0.15) is 5.26 Å².